The minimum Gasteiger partial charge on any atom is -0.317 e. The third-order valence-electron chi connectivity index (χ3n) is 5.29. The first-order chi connectivity index (χ1) is 13.6. The molecular formula is C20H29Cl2FN4O2S. The number of para-hydroxylation sites is 3. The van der Waals surface area contributed by atoms with Gasteiger partial charge in [0.05, 0.1) is 11.4 Å². The van der Waals surface area contributed by atoms with E-state index in [1.54, 1.807) is 28.6 Å². The molecule has 30 heavy (non-hydrogen) atoms. The van der Waals surface area contributed by atoms with Crippen LogP contribution in [0.4, 0.5) is 21.5 Å². The smallest absolute Gasteiger partial charge is 0.148 e. The summed E-state index contributed by atoms with van der Waals surface area (Å²) in [5.74, 6) is -0.480. The van der Waals surface area contributed by atoms with Crippen molar-refractivity contribution in [2.75, 3.05) is 34.8 Å². The molecule has 1 fully saturated rings. The van der Waals surface area contributed by atoms with Gasteiger partial charge < -0.3 is 10.6 Å². The molecule has 2 aliphatic heterocycles. The lowest BCUT2D eigenvalue weighted by Gasteiger charge is -2.43. The second kappa shape index (κ2) is 10.9. The predicted octanol–water partition coefficient (Wildman–Crippen LogP) is 4.94. The van der Waals surface area contributed by atoms with Crippen LogP contribution in [-0.2, 0) is 0 Å². The third kappa shape index (κ3) is 4.96. The number of benzene rings is 2. The van der Waals surface area contributed by atoms with Crippen molar-refractivity contribution in [1.82, 2.24) is 10.6 Å². The second-order valence-corrected chi connectivity index (χ2v) is 8.94. The lowest BCUT2D eigenvalue weighted by molar-refractivity contribution is 0.386. The van der Waals surface area contributed by atoms with Gasteiger partial charge >= 0.3 is 0 Å². The van der Waals surface area contributed by atoms with E-state index in [-0.39, 0.29) is 30.5 Å². The first-order valence-corrected chi connectivity index (χ1v) is 11.2. The molecule has 0 aliphatic carbocycles. The van der Waals surface area contributed by atoms with Crippen molar-refractivity contribution < 1.29 is 13.5 Å². The van der Waals surface area contributed by atoms with Crippen LogP contribution in [0.2, 0.25) is 0 Å². The molecule has 0 radical (unpaired) electrons. The molecule has 2 aromatic carbocycles. The van der Waals surface area contributed by atoms with Gasteiger partial charge in [0.15, 0.2) is 0 Å². The zero-order valence-electron chi connectivity index (χ0n) is 16.5. The Balaban J connectivity index is 0.00000160. The number of rotatable bonds is 6. The highest BCUT2D eigenvalue weighted by Crippen LogP contribution is 2.64. The van der Waals surface area contributed by atoms with Gasteiger partial charge in [0.25, 0.3) is 0 Å². The van der Waals surface area contributed by atoms with Crippen LogP contribution in [0.15, 0.2) is 48.5 Å². The first kappa shape index (κ1) is 25.0. The summed E-state index contributed by atoms with van der Waals surface area (Å²) in [4.78, 5) is 0. The van der Waals surface area contributed by atoms with Crippen LogP contribution >= 0.6 is 35.8 Å². The summed E-state index contributed by atoms with van der Waals surface area (Å²) in [6, 6.07) is 14.0. The van der Waals surface area contributed by atoms with Crippen molar-refractivity contribution in [3.63, 3.8) is 0 Å². The van der Waals surface area contributed by atoms with E-state index in [0.29, 0.717) is 24.0 Å². The van der Waals surface area contributed by atoms with Gasteiger partial charge in [0, 0.05) is 12.6 Å². The van der Waals surface area contributed by atoms with Gasteiger partial charge in [-0.2, -0.15) is 0 Å². The standard InChI is InChI=1S/C20H27FN4O2S.2ClH/c21-17-6-1-2-7-18(17)25-20-9-4-3-8-19(20)24(28(25,26)27)15-5-12-23-16-10-13-22-14-11-16;;/h1-4,6-9,16,22-23,26-27H,5,10-15H2;2*1H. The normalized spacial score (nSPS) is 18.9. The van der Waals surface area contributed by atoms with Gasteiger partial charge in [-0.3, -0.25) is 13.4 Å². The maximum absolute atomic E-state index is 14.4. The molecule has 0 bridgehead atoms. The van der Waals surface area contributed by atoms with E-state index in [9.17, 15) is 13.5 Å². The Labute approximate surface area is 191 Å². The van der Waals surface area contributed by atoms with Crippen LogP contribution in [0.3, 0.4) is 0 Å². The zero-order chi connectivity index (χ0) is 19.6. The summed E-state index contributed by atoms with van der Waals surface area (Å²) in [5, 5.41) is 6.90. The SMILES string of the molecule is Cl.Cl.OS1(O)N(CCCNC2CCNCC2)c2ccccc2N1c1ccccc1F. The molecule has 0 atom stereocenters. The molecule has 2 aliphatic rings. The topological polar surface area (TPSA) is 71.0 Å². The van der Waals surface area contributed by atoms with E-state index >= 15 is 0 Å². The highest BCUT2D eigenvalue weighted by molar-refractivity contribution is 8.27. The Morgan fingerprint density at radius 3 is 2.23 bits per heavy atom. The molecule has 168 valence electrons. The lowest BCUT2D eigenvalue weighted by Crippen LogP contribution is -2.41. The first-order valence-electron chi connectivity index (χ1n) is 9.73. The molecule has 10 heteroatoms. The maximum atomic E-state index is 14.4. The molecule has 0 aromatic heterocycles. The fourth-order valence-corrected chi connectivity index (χ4v) is 5.70. The van der Waals surface area contributed by atoms with Crippen molar-refractivity contribution in [2.45, 2.75) is 25.3 Å². The van der Waals surface area contributed by atoms with Crippen molar-refractivity contribution in [3.05, 3.63) is 54.3 Å². The Morgan fingerprint density at radius 2 is 1.57 bits per heavy atom. The Hall–Kier alpha value is -1.26. The highest BCUT2D eigenvalue weighted by Gasteiger charge is 2.42. The van der Waals surface area contributed by atoms with E-state index in [1.807, 2.05) is 18.2 Å². The molecule has 2 aromatic rings. The molecule has 4 N–H and O–H groups in total. The fourth-order valence-electron chi connectivity index (χ4n) is 3.89. The van der Waals surface area contributed by atoms with E-state index in [0.717, 1.165) is 38.9 Å². The molecular weight excluding hydrogens is 450 g/mol. The van der Waals surface area contributed by atoms with E-state index in [1.165, 1.54) is 10.4 Å². The van der Waals surface area contributed by atoms with Gasteiger partial charge in [-0.25, -0.2) is 8.70 Å². The monoisotopic (exact) mass is 478 g/mol. The molecule has 6 nitrogen and oxygen atoms in total. The Morgan fingerprint density at radius 1 is 0.967 bits per heavy atom. The summed E-state index contributed by atoms with van der Waals surface area (Å²) >= 11 is 0. The predicted molar refractivity (Wildman–Crippen MR) is 128 cm³/mol. The molecule has 4 rings (SSSR count). The van der Waals surface area contributed by atoms with Crippen LogP contribution < -0.4 is 19.2 Å². The number of anilines is 3. The summed E-state index contributed by atoms with van der Waals surface area (Å²) in [6.07, 6.45) is 2.99. The van der Waals surface area contributed by atoms with Crippen LogP contribution in [0, 0.1) is 5.82 Å². The minimum atomic E-state index is -3.38. The van der Waals surface area contributed by atoms with Crippen molar-refractivity contribution in [2.24, 2.45) is 0 Å². The molecule has 0 unspecified atom stereocenters. The van der Waals surface area contributed by atoms with E-state index in [2.05, 4.69) is 10.6 Å². The van der Waals surface area contributed by atoms with Crippen molar-refractivity contribution >= 4 is 52.8 Å². The lowest BCUT2D eigenvalue weighted by atomic mass is 10.1. The summed E-state index contributed by atoms with van der Waals surface area (Å²) < 4.78 is 39.5. The summed E-state index contributed by atoms with van der Waals surface area (Å²) in [7, 11) is -3.38. The van der Waals surface area contributed by atoms with Gasteiger partial charge in [-0.05, 0) is 74.1 Å². The average molecular weight is 479 g/mol. The number of piperidine rings is 1. The molecule has 0 amide bonds. The molecule has 2 heterocycles. The number of nitrogens with one attached hydrogen (secondary N) is 2. The van der Waals surface area contributed by atoms with Gasteiger partial charge in [-0.15, -0.1) is 24.8 Å². The average Bonchev–Trinajstić information content (AvgIpc) is 2.93. The Kier molecular flexibility index (Phi) is 9.05. The summed E-state index contributed by atoms with van der Waals surface area (Å²) in [5.41, 5.74) is 1.50. The number of hydrogen-bond acceptors (Lipinski definition) is 6. The van der Waals surface area contributed by atoms with Gasteiger partial charge in [0.1, 0.15) is 11.5 Å². The molecule has 1 saturated heterocycles. The highest BCUT2D eigenvalue weighted by atomic mass is 35.5. The van der Waals surface area contributed by atoms with Crippen molar-refractivity contribution in [3.8, 4) is 0 Å². The van der Waals surface area contributed by atoms with Crippen LogP contribution in [0.1, 0.15) is 19.3 Å². The molecule has 0 saturated carbocycles. The number of hydrogen-bond donors (Lipinski definition) is 4. The van der Waals surface area contributed by atoms with Gasteiger partial charge in [-0.1, -0.05) is 24.3 Å². The van der Waals surface area contributed by atoms with E-state index < -0.39 is 16.8 Å². The molecule has 0 spiro atoms. The van der Waals surface area contributed by atoms with Crippen molar-refractivity contribution in [1.29, 1.82) is 0 Å². The fraction of sp³-hybridized carbons (Fsp3) is 0.400. The quantitative estimate of drug-likeness (QED) is 0.440. The maximum Gasteiger partial charge on any atom is 0.148 e. The Bertz CT molecular complexity index is 827. The van der Waals surface area contributed by atoms with Gasteiger partial charge in [0.2, 0.25) is 0 Å². The van der Waals surface area contributed by atoms with Crippen LogP contribution in [-0.4, -0.2) is 41.3 Å². The van der Waals surface area contributed by atoms with E-state index in [4.69, 9.17) is 0 Å². The second-order valence-electron chi connectivity index (χ2n) is 7.16. The number of halogens is 3. The minimum absolute atomic E-state index is 0. The third-order valence-corrected chi connectivity index (χ3v) is 7.15. The van der Waals surface area contributed by atoms with Crippen LogP contribution in [0.25, 0.3) is 0 Å². The summed E-state index contributed by atoms with van der Waals surface area (Å²) in [6.45, 7) is 3.35. The zero-order valence-corrected chi connectivity index (χ0v) is 19.0. The number of fused-ring (bicyclic) bond motifs is 1. The number of nitrogens with zero attached hydrogens (tertiary/aromatic N) is 2. The largest absolute Gasteiger partial charge is 0.317 e. The van der Waals surface area contributed by atoms with Crippen LogP contribution in [0.5, 0.6) is 0 Å².